The van der Waals surface area contributed by atoms with Gasteiger partial charge in [0.05, 0.1) is 12.2 Å². The lowest BCUT2D eigenvalue weighted by Crippen LogP contribution is -2.24. The fourth-order valence-corrected chi connectivity index (χ4v) is 2.01. The van der Waals surface area contributed by atoms with Crippen molar-refractivity contribution in [3.63, 3.8) is 0 Å². The monoisotopic (exact) mass is 263 g/mol. The molecule has 1 aromatic heterocycles. The molecule has 2 rings (SSSR count). The Morgan fingerprint density at radius 1 is 1.21 bits per heavy atom. The normalized spacial score (nSPS) is 12.4. The molecule has 1 N–H and O–H groups in total. The van der Waals surface area contributed by atoms with Crippen LogP contribution in [0.3, 0.4) is 0 Å². The predicted molar refractivity (Wildman–Crippen MR) is 68.6 cm³/mol. The van der Waals surface area contributed by atoms with Crippen LogP contribution < -0.4 is 5.32 Å². The lowest BCUT2D eigenvalue weighted by atomic mass is 9.97. The first kappa shape index (κ1) is 13.5. The van der Waals surface area contributed by atoms with E-state index in [1.807, 2.05) is 6.92 Å². The molecule has 2 aromatic rings. The van der Waals surface area contributed by atoms with E-state index in [9.17, 15) is 8.78 Å². The van der Waals surface area contributed by atoms with Crippen LogP contribution in [0.4, 0.5) is 8.78 Å². The molecule has 0 radical (unpaired) electrons. The quantitative estimate of drug-likeness (QED) is 0.921. The number of nitrogens with zero attached hydrogens (tertiary/aromatic N) is 2. The highest BCUT2D eigenvalue weighted by Gasteiger charge is 2.22. The third kappa shape index (κ3) is 2.76. The molecule has 19 heavy (non-hydrogen) atoms. The molecule has 0 aliphatic carbocycles. The summed E-state index contributed by atoms with van der Waals surface area (Å²) in [4.78, 5) is 0. The van der Waals surface area contributed by atoms with Crippen LogP contribution in [0.1, 0.15) is 29.7 Å². The second-order valence-electron chi connectivity index (χ2n) is 4.26. The molecule has 100 valence electrons. The number of hydrogen-bond donors (Lipinski definition) is 1. The van der Waals surface area contributed by atoms with E-state index in [0.29, 0.717) is 17.7 Å². The van der Waals surface area contributed by atoms with Gasteiger partial charge in [-0.2, -0.15) is 10.2 Å². The zero-order valence-corrected chi connectivity index (χ0v) is 10.8. The highest BCUT2D eigenvalue weighted by molar-refractivity contribution is 5.35. The Kier molecular flexibility index (Phi) is 4.16. The second kappa shape index (κ2) is 5.84. The van der Waals surface area contributed by atoms with Crippen LogP contribution in [0.2, 0.25) is 0 Å². The number of aromatic nitrogens is 2. The van der Waals surface area contributed by atoms with Gasteiger partial charge in [-0.3, -0.25) is 0 Å². The van der Waals surface area contributed by atoms with Gasteiger partial charge in [-0.25, -0.2) is 8.78 Å². The fraction of sp³-hybridized carbons (Fsp3) is 0.286. The van der Waals surface area contributed by atoms with E-state index in [0.717, 1.165) is 0 Å². The maximum atomic E-state index is 14.2. The Morgan fingerprint density at radius 2 is 2.00 bits per heavy atom. The molecule has 0 spiro atoms. The van der Waals surface area contributed by atoms with E-state index in [4.69, 9.17) is 0 Å². The topological polar surface area (TPSA) is 37.8 Å². The van der Waals surface area contributed by atoms with Crippen molar-refractivity contribution in [1.82, 2.24) is 15.5 Å². The smallest absolute Gasteiger partial charge is 0.134 e. The summed E-state index contributed by atoms with van der Waals surface area (Å²) in [7, 11) is 0. The Bertz CT molecular complexity index is 558. The Hall–Kier alpha value is -1.88. The molecule has 1 unspecified atom stereocenters. The van der Waals surface area contributed by atoms with Crippen LogP contribution in [0.25, 0.3) is 0 Å². The molecule has 0 fully saturated rings. The van der Waals surface area contributed by atoms with Crippen molar-refractivity contribution < 1.29 is 8.78 Å². The van der Waals surface area contributed by atoms with Gasteiger partial charge in [-0.15, -0.1) is 0 Å². The summed E-state index contributed by atoms with van der Waals surface area (Å²) in [5, 5.41) is 10.5. The third-order valence-electron chi connectivity index (χ3n) is 2.96. The average molecular weight is 263 g/mol. The number of nitrogens with one attached hydrogen (secondary N) is 1. The molecule has 0 saturated heterocycles. The first-order valence-electron chi connectivity index (χ1n) is 6.09. The molecule has 1 aromatic carbocycles. The van der Waals surface area contributed by atoms with Crippen molar-refractivity contribution in [2.45, 2.75) is 19.9 Å². The van der Waals surface area contributed by atoms with E-state index in [1.165, 1.54) is 24.5 Å². The molecule has 1 heterocycles. The maximum absolute atomic E-state index is 14.2. The molecule has 0 amide bonds. The van der Waals surface area contributed by atoms with Crippen molar-refractivity contribution in [1.29, 1.82) is 0 Å². The summed E-state index contributed by atoms with van der Waals surface area (Å²) in [6.07, 6.45) is 3.01. The lowest BCUT2D eigenvalue weighted by Gasteiger charge is -2.20. The number of aryl methyl sites for hydroxylation is 1. The largest absolute Gasteiger partial charge is 0.306 e. The molecule has 3 nitrogen and oxygen atoms in total. The van der Waals surface area contributed by atoms with E-state index in [2.05, 4.69) is 15.5 Å². The molecular formula is C14H15F2N3. The minimum Gasteiger partial charge on any atom is -0.306 e. The van der Waals surface area contributed by atoms with Crippen LogP contribution in [0, 0.1) is 18.6 Å². The molecule has 0 aliphatic rings. The summed E-state index contributed by atoms with van der Waals surface area (Å²) in [6.45, 7) is 4.08. The van der Waals surface area contributed by atoms with Crippen LogP contribution in [-0.4, -0.2) is 16.7 Å². The van der Waals surface area contributed by atoms with Gasteiger partial charge in [0.2, 0.25) is 0 Å². The van der Waals surface area contributed by atoms with Crippen LogP contribution >= 0.6 is 0 Å². The summed E-state index contributed by atoms with van der Waals surface area (Å²) < 4.78 is 28.2. The minimum absolute atomic E-state index is 0.0230. The first-order valence-corrected chi connectivity index (χ1v) is 6.09. The van der Waals surface area contributed by atoms with Gasteiger partial charge in [0.1, 0.15) is 11.6 Å². The van der Waals surface area contributed by atoms with E-state index in [1.54, 1.807) is 13.0 Å². The molecule has 0 bridgehead atoms. The third-order valence-corrected chi connectivity index (χ3v) is 2.96. The number of benzene rings is 1. The van der Waals surface area contributed by atoms with Crippen molar-refractivity contribution in [3.8, 4) is 0 Å². The number of halogens is 2. The predicted octanol–water partition coefficient (Wildman–Crippen LogP) is 2.76. The SMILES string of the molecule is CCNC(c1ccnnc1)c1c(F)ccc(C)c1F. The van der Waals surface area contributed by atoms with Gasteiger partial charge in [0.15, 0.2) is 0 Å². The minimum atomic E-state index is -0.569. The van der Waals surface area contributed by atoms with Crippen molar-refractivity contribution in [2.75, 3.05) is 6.54 Å². The van der Waals surface area contributed by atoms with E-state index in [-0.39, 0.29) is 5.56 Å². The molecule has 0 aliphatic heterocycles. The van der Waals surface area contributed by atoms with Crippen LogP contribution in [0.15, 0.2) is 30.6 Å². The number of rotatable bonds is 4. The zero-order chi connectivity index (χ0) is 13.8. The Balaban J connectivity index is 2.54. The van der Waals surface area contributed by atoms with Gasteiger partial charge >= 0.3 is 0 Å². The van der Waals surface area contributed by atoms with Gasteiger partial charge < -0.3 is 5.32 Å². The van der Waals surface area contributed by atoms with Gasteiger partial charge in [0.25, 0.3) is 0 Å². The van der Waals surface area contributed by atoms with Gasteiger partial charge in [-0.05, 0) is 36.7 Å². The van der Waals surface area contributed by atoms with E-state index >= 15 is 0 Å². The van der Waals surface area contributed by atoms with E-state index < -0.39 is 17.7 Å². The molecule has 5 heteroatoms. The Labute approximate surface area is 110 Å². The van der Waals surface area contributed by atoms with Crippen molar-refractivity contribution in [3.05, 3.63) is 58.9 Å². The van der Waals surface area contributed by atoms with Crippen LogP contribution in [0.5, 0.6) is 0 Å². The van der Waals surface area contributed by atoms with Crippen molar-refractivity contribution >= 4 is 0 Å². The maximum Gasteiger partial charge on any atom is 0.134 e. The summed E-state index contributed by atoms with van der Waals surface area (Å²) >= 11 is 0. The van der Waals surface area contributed by atoms with Crippen LogP contribution in [-0.2, 0) is 0 Å². The Morgan fingerprint density at radius 3 is 2.63 bits per heavy atom. The molecule has 1 atom stereocenters. The molecule has 0 saturated carbocycles. The summed E-state index contributed by atoms with van der Waals surface area (Å²) in [5.41, 5.74) is 1.12. The molecular weight excluding hydrogens is 248 g/mol. The average Bonchev–Trinajstić information content (AvgIpc) is 2.43. The van der Waals surface area contributed by atoms with Gasteiger partial charge in [-0.1, -0.05) is 13.0 Å². The highest BCUT2D eigenvalue weighted by Crippen LogP contribution is 2.27. The standard InChI is InChI=1S/C14H15F2N3/c1-3-17-14(10-6-7-18-19-8-10)12-11(15)5-4-9(2)13(12)16/h4-8,14,17H,3H2,1-2H3. The van der Waals surface area contributed by atoms with Gasteiger partial charge in [0, 0.05) is 11.8 Å². The second-order valence-corrected chi connectivity index (χ2v) is 4.26. The zero-order valence-electron chi connectivity index (χ0n) is 10.8. The van der Waals surface area contributed by atoms with Crippen molar-refractivity contribution in [2.24, 2.45) is 0 Å². The highest BCUT2D eigenvalue weighted by atomic mass is 19.1. The fourth-order valence-electron chi connectivity index (χ4n) is 2.01. The first-order chi connectivity index (χ1) is 9.15. The summed E-state index contributed by atoms with van der Waals surface area (Å²) in [5.74, 6) is -1.09. The number of hydrogen-bond acceptors (Lipinski definition) is 3. The summed E-state index contributed by atoms with van der Waals surface area (Å²) in [6, 6.07) is 3.84. The lowest BCUT2D eigenvalue weighted by molar-refractivity contribution is 0.505.